The number of nitrogens with zero attached hydrogens (tertiary/aromatic N) is 5. The van der Waals surface area contributed by atoms with Gasteiger partial charge in [-0.05, 0) is 28.1 Å². The smallest absolute Gasteiger partial charge is 0.294 e. The summed E-state index contributed by atoms with van der Waals surface area (Å²) in [6.45, 7) is 0.574. The molecule has 0 saturated carbocycles. The monoisotopic (exact) mass is 408 g/mol. The predicted molar refractivity (Wildman–Crippen MR) is 92.4 cm³/mol. The van der Waals surface area contributed by atoms with Crippen molar-refractivity contribution in [2.24, 2.45) is 4.99 Å². The average Bonchev–Trinajstić information content (AvgIpc) is 3.05. The third-order valence-electron chi connectivity index (χ3n) is 3.48. The second-order valence-corrected chi connectivity index (χ2v) is 5.83. The number of hydrogen-bond acceptors (Lipinski definition) is 8. The number of guanidine groups is 1. The minimum Gasteiger partial charge on any atom is -0.325 e. The quantitative estimate of drug-likeness (QED) is 0.588. The molecule has 0 fully saturated rings. The molecule has 1 amide bonds. The zero-order chi connectivity index (χ0) is 17.8. The SMILES string of the molecule is O=C(CCO[N+](=O)[O-])N1CCN=C1Nc1ccc2nccnc2c1Br. The van der Waals surface area contributed by atoms with Crippen LogP contribution in [0.3, 0.4) is 0 Å². The number of carbonyl (C=O) groups excluding carboxylic acids is 1. The highest BCUT2D eigenvalue weighted by Crippen LogP contribution is 2.29. The van der Waals surface area contributed by atoms with Crippen LogP contribution in [-0.2, 0) is 9.63 Å². The summed E-state index contributed by atoms with van der Waals surface area (Å²) in [6.07, 6.45) is 3.09. The van der Waals surface area contributed by atoms with Crippen molar-refractivity contribution < 1.29 is 14.7 Å². The van der Waals surface area contributed by atoms with Gasteiger partial charge in [-0.15, -0.1) is 10.1 Å². The van der Waals surface area contributed by atoms with E-state index in [1.807, 2.05) is 6.07 Å². The highest BCUT2D eigenvalue weighted by Gasteiger charge is 2.24. The Hall–Kier alpha value is -2.82. The summed E-state index contributed by atoms with van der Waals surface area (Å²) >= 11 is 3.49. The molecule has 2 aromatic rings. The number of hydrogen-bond donors (Lipinski definition) is 1. The fraction of sp³-hybridized carbons (Fsp3) is 0.286. The summed E-state index contributed by atoms with van der Waals surface area (Å²) in [5.74, 6) is 0.0809. The van der Waals surface area contributed by atoms with Gasteiger partial charge in [0, 0.05) is 18.9 Å². The molecule has 2 heterocycles. The van der Waals surface area contributed by atoms with E-state index in [0.717, 1.165) is 5.52 Å². The lowest BCUT2D eigenvalue weighted by molar-refractivity contribution is -0.757. The molecule has 11 heteroatoms. The van der Waals surface area contributed by atoms with Gasteiger partial charge in [0.15, 0.2) is 0 Å². The number of amides is 1. The lowest BCUT2D eigenvalue weighted by Gasteiger charge is -2.20. The molecular formula is C14H13BrN6O4. The minimum atomic E-state index is -0.919. The fourth-order valence-corrected chi connectivity index (χ4v) is 2.90. The average molecular weight is 409 g/mol. The normalized spacial score (nSPS) is 13.6. The van der Waals surface area contributed by atoms with E-state index in [-0.39, 0.29) is 18.9 Å². The largest absolute Gasteiger partial charge is 0.325 e. The van der Waals surface area contributed by atoms with Crippen LogP contribution < -0.4 is 5.32 Å². The molecule has 0 radical (unpaired) electrons. The minimum absolute atomic E-state index is 0.105. The van der Waals surface area contributed by atoms with Crippen molar-refractivity contribution in [1.29, 1.82) is 0 Å². The number of aromatic nitrogens is 2. The molecule has 1 aliphatic heterocycles. The van der Waals surface area contributed by atoms with Crippen LogP contribution in [-0.4, -0.2) is 51.5 Å². The molecular weight excluding hydrogens is 396 g/mol. The molecule has 1 N–H and O–H groups in total. The van der Waals surface area contributed by atoms with Gasteiger partial charge in [0.2, 0.25) is 11.9 Å². The Bertz CT molecular complexity index is 858. The summed E-state index contributed by atoms with van der Waals surface area (Å²) in [5.41, 5.74) is 2.11. The second kappa shape index (κ2) is 7.38. The molecule has 130 valence electrons. The second-order valence-electron chi connectivity index (χ2n) is 5.03. The van der Waals surface area contributed by atoms with Gasteiger partial charge in [-0.1, -0.05) is 0 Å². The van der Waals surface area contributed by atoms with Crippen molar-refractivity contribution in [1.82, 2.24) is 14.9 Å². The van der Waals surface area contributed by atoms with Crippen LogP contribution in [0.25, 0.3) is 11.0 Å². The van der Waals surface area contributed by atoms with Gasteiger partial charge in [0.1, 0.15) is 12.1 Å². The van der Waals surface area contributed by atoms with Crippen LogP contribution in [0.4, 0.5) is 5.69 Å². The molecule has 10 nitrogen and oxygen atoms in total. The maximum Gasteiger partial charge on any atom is 0.294 e. The Balaban J connectivity index is 1.72. The van der Waals surface area contributed by atoms with Crippen LogP contribution in [0.15, 0.2) is 34.0 Å². The van der Waals surface area contributed by atoms with Gasteiger partial charge in [0.25, 0.3) is 5.09 Å². The van der Waals surface area contributed by atoms with Crippen molar-refractivity contribution in [3.8, 4) is 0 Å². The summed E-state index contributed by atoms with van der Waals surface area (Å²) in [6, 6.07) is 3.61. The first-order chi connectivity index (χ1) is 12.1. The predicted octanol–water partition coefficient (Wildman–Crippen LogP) is 1.60. The summed E-state index contributed by atoms with van der Waals surface area (Å²) in [7, 11) is 0. The molecule has 1 aromatic heterocycles. The molecule has 0 unspecified atom stereocenters. The van der Waals surface area contributed by atoms with E-state index in [9.17, 15) is 14.9 Å². The number of halogens is 1. The summed E-state index contributed by atoms with van der Waals surface area (Å²) in [4.78, 5) is 40.8. The molecule has 0 atom stereocenters. The number of rotatable bonds is 5. The molecule has 0 spiro atoms. The number of anilines is 1. The number of fused-ring (bicyclic) bond motifs is 1. The standard InChI is InChI=1S/C14H13BrN6O4/c15-12-9(1-2-10-13(12)17-5-4-16-10)19-14-18-6-7-20(14)11(22)3-8-25-21(23)24/h1-2,4-5H,3,6-8H2,(H,18,19). The summed E-state index contributed by atoms with van der Waals surface area (Å²) < 4.78 is 0.705. The van der Waals surface area contributed by atoms with E-state index >= 15 is 0 Å². The fourth-order valence-electron chi connectivity index (χ4n) is 2.36. The van der Waals surface area contributed by atoms with Crippen LogP contribution in [0.5, 0.6) is 0 Å². The Morgan fingerprint density at radius 1 is 1.40 bits per heavy atom. The highest BCUT2D eigenvalue weighted by atomic mass is 79.9. The molecule has 0 bridgehead atoms. The maximum atomic E-state index is 12.2. The molecule has 25 heavy (non-hydrogen) atoms. The van der Waals surface area contributed by atoms with Crippen LogP contribution in [0.1, 0.15) is 6.42 Å². The molecule has 3 rings (SSSR count). The van der Waals surface area contributed by atoms with Gasteiger partial charge in [-0.3, -0.25) is 24.7 Å². The number of nitrogens with one attached hydrogen (secondary N) is 1. The zero-order valence-electron chi connectivity index (χ0n) is 12.9. The van der Waals surface area contributed by atoms with Crippen LogP contribution in [0, 0.1) is 10.1 Å². The number of benzene rings is 1. The molecule has 1 aliphatic rings. The molecule has 1 aromatic carbocycles. The van der Waals surface area contributed by atoms with E-state index in [1.54, 1.807) is 18.5 Å². The first kappa shape index (κ1) is 17.0. The van der Waals surface area contributed by atoms with Crippen molar-refractivity contribution in [2.75, 3.05) is 25.0 Å². The van der Waals surface area contributed by atoms with E-state index in [4.69, 9.17) is 0 Å². The highest BCUT2D eigenvalue weighted by molar-refractivity contribution is 9.10. The Morgan fingerprint density at radius 3 is 3.00 bits per heavy atom. The third-order valence-corrected chi connectivity index (χ3v) is 4.28. The molecule has 0 saturated heterocycles. The Morgan fingerprint density at radius 2 is 2.20 bits per heavy atom. The Labute approximate surface area is 150 Å². The van der Waals surface area contributed by atoms with E-state index in [1.165, 1.54) is 4.90 Å². The van der Waals surface area contributed by atoms with Crippen LogP contribution >= 0.6 is 15.9 Å². The maximum absolute atomic E-state index is 12.2. The van der Waals surface area contributed by atoms with E-state index in [2.05, 4.69) is 41.0 Å². The third kappa shape index (κ3) is 3.82. The first-order valence-electron chi connectivity index (χ1n) is 7.34. The van der Waals surface area contributed by atoms with E-state index < -0.39 is 5.09 Å². The van der Waals surface area contributed by atoms with Crippen molar-refractivity contribution in [3.63, 3.8) is 0 Å². The van der Waals surface area contributed by atoms with Gasteiger partial charge in [-0.25, -0.2) is 0 Å². The van der Waals surface area contributed by atoms with Gasteiger partial charge < -0.3 is 10.2 Å². The van der Waals surface area contributed by atoms with Crippen molar-refractivity contribution in [3.05, 3.63) is 39.1 Å². The lowest BCUT2D eigenvalue weighted by atomic mass is 10.2. The summed E-state index contributed by atoms with van der Waals surface area (Å²) in [5, 5.41) is 12.3. The van der Waals surface area contributed by atoms with Gasteiger partial charge in [0.05, 0.1) is 28.6 Å². The lowest BCUT2D eigenvalue weighted by Crippen LogP contribution is -2.39. The van der Waals surface area contributed by atoms with Gasteiger partial charge >= 0.3 is 0 Å². The van der Waals surface area contributed by atoms with Crippen molar-refractivity contribution >= 4 is 44.5 Å². The Kier molecular flexibility index (Phi) is 5.03. The molecule has 0 aliphatic carbocycles. The van der Waals surface area contributed by atoms with Crippen LogP contribution in [0.2, 0.25) is 0 Å². The zero-order valence-corrected chi connectivity index (χ0v) is 14.5. The van der Waals surface area contributed by atoms with E-state index in [0.29, 0.717) is 34.7 Å². The number of carbonyl (C=O) groups is 1. The number of aliphatic imine (C=N–C) groups is 1. The first-order valence-corrected chi connectivity index (χ1v) is 8.14. The van der Waals surface area contributed by atoms with Crippen molar-refractivity contribution in [2.45, 2.75) is 6.42 Å². The topological polar surface area (TPSA) is 123 Å². The van der Waals surface area contributed by atoms with Gasteiger partial charge in [-0.2, -0.15) is 0 Å².